The number of benzene rings is 2. The van der Waals surface area contributed by atoms with Crippen LogP contribution in [0.5, 0.6) is 5.75 Å². The Hall–Kier alpha value is 2.98. The molecule has 41 heavy (non-hydrogen) atoms. The molecule has 226 valence electrons. The fourth-order valence-electron chi connectivity index (χ4n) is 4.35. The van der Waals surface area contributed by atoms with Crippen molar-refractivity contribution >= 4 is 106 Å². The van der Waals surface area contributed by atoms with Crippen LogP contribution in [0.25, 0.3) is 0 Å². The second-order valence-corrected chi connectivity index (χ2v) is 24.7. The van der Waals surface area contributed by atoms with Crippen molar-refractivity contribution in [3.05, 3.63) is 64.2 Å². The standard InChI is InChI=1S/C21H33ClO8P11/c1-2-24-13-6-3-11(4-7-13)17(27-32)14-9-12(5-8-15(14)22)21(23)20(30-41(37)39-34)19(29-40(35)36)18(28-38-33)16(26-21)10-25-31/h3-9,16-20,23,39H,2,10,31-32,34-37H2,1H3/q+1/t16-,17?,18-,19+,20-,21+,41?/m1/s1. The molecule has 0 saturated carbocycles. The van der Waals surface area contributed by atoms with Crippen LogP contribution >= 0.6 is 106 Å². The number of rotatable bonds is 14. The van der Waals surface area contributed by atoms with Crippen molar-refractivity contribution in [1.29, 1.82) is 0 Å². The third-order valence-electron chi connectivity index (χ3n) is 6.05. The average Bonchev–Trinajstić information content (AvgIpc) is 2.95. The van der Waals surface area contributed by atoms with Crippen LogP contribution in [0.15, 0.2) is 42.5 Å². The minimum absolute atomic E-state index is 0.101. The Morgan fingerprint density at radius 2 is 1.85 bits per heavy atom. The van der Waals surface area contributed by atoms with Gasteiger partial charge in [0.25, 0.3) is 0 Å². The van der Waals surface area contributed by atoms with Crippen molar-refractivity contribution in [1.82, 2.24) is 0 Å². The molecule has 0 bridgehead atoms. The van der Waals surface area contributed by atoms with Crippen molar-refractivity contribution in [2.24, 2.45) is 0 Å². The molecular formula is C21H33ClO8P11+. The van der Waals surface area contributed by atoms with Gasteiger partial charge in [0.1, 0.15) is 5.75 Å². The summed E-state index contributed by atoms with van der Waals surface area (Å²) in [5.74, 6) is -1.21. The average molecular weight is 790 g/mol. The number of hydrogen-bond acceptors (Lipinski definition) is 8. The molecule has 3 rings (SSSR count). The Balaban J connectivity index is 2.15. The van der Waals surface area contributed by atoms with Crippen molar-refractivity contribution < 1.29 is 37.2 Å². The molecule has 8 nitrogen and oxygen atoms in total. The topological polar surface area (TPSA) is 84.8 Å². The maximum absolute atomic E-state index is 12.5. The van der Waals surface area contributed by atoms with Gasteiger partial charge in [0.2, 0.25) is 0 Å². The Morgan fingerprint density at radius 1 is 1.15 bits per heavy atom. The Bertz CT molecular complexity index is 1160. The van der Waals surface area contributed by atoms with Gasteiger partial charge in [0, 0.05) is 0 Å². The maximum atomic E-state index is 12.5. The second-order valence-electron chi connectivity index (χ2n) is 8.50. The summed E-state index contributed by atoms with van der Waals surface area (Å²) >= 11 is 6.72. The van der Waals surface area contributed by atoms with Crippen molar-refractivity contribution in [3.8, 4) is 5.75 Å². The second kappa shape index (κ2) is 19.1. The first-order valence-corrected chi connectivity index (χ1v) is 26.2. The molecular weight excluding hydrogens is 756 g/mol. The zero-order chi connectivity index (χ0) is 30.2. The molecule has 0 radical (unpaired) electrons. The van der Waals surface area contributed by atoms with E-state index in [1.165, 1.54) is 0 Å². The molecule has 1 heterocycles. The van der Waals surface area contributed by atoms with Gasteiger partial charge < -0.3 is 4.74 Å². The molecule has 1 saturated heterocycles. The van der Waals surface area contributed by atoms with Gasteiger partial charge in [-0.3, -0.25) is 0 Å². The van der Waals surface area contributed by atoms with Crippen LogP contribution in [0.3, 0.4) is 0 Å². The van der Waals surface area contributed by atoms with Crippen LogP contribution in [-0.2, 0) is 33.1 Å². The number of ether oxygens (including phenoxy) is 2. The summed E-state index contributed by atoms with van der Waals surface area (Å²) in [6, 6.07) is 12.8. The predicted molar refractivity (Wildman–Crippen MR) is 196 cm³/mol. The van der Waals surface area contributed by atoms with Crippen LogP contribution in [-0.4, -0.2) is 42.7 Å². The quantitative estimate of drug-likeness (QED) is 0.190. The van der Waals surface area contributed by atoms with Gasteiger partial charge in [0.15, 0.2) is 0 Å². The van der Waals surface area contributed by atoms with Crippen LogP contribution in [0.1, 0.15) is 29.7 Å². The number of aliphatic hydroxyl groups is 1. The molecule has 0 spiro atoms. The van der Waals surface area contributed by atoms with E-state index in [2.05, 4.69) is 63.0 Å². The fraction of sp³-hybridized carbons (Fsp3) is 0.429. The summed E-state index contributed by atoms with van der Waals surface area (Å²) < 4.78 is 42.0. The summed E-state index contributed by atoms with van der Waals surface area (Å²) in [6.07, 6.45) is -3.64. The van der Waals surface area contributed by atoms with Gasteiger partial charge in [-0.1, -0.05) is 0 Å². The molecule has 1 aliphatic rings. The Kier molecular flexibility index (Phi) is 17.9. The van der Waals surface area contributed by atoms with Crippen molar-refractivity contribution in [2.45, 2.75) is 43.2 Å². The van der Waals surface area contributed by atoms with Gasteiger partial charge in [-0.15, -0.1) is 0 Å². The first-order valence-electron chi connectivity index (χ1n) is 11.9. The monoisotopic (exact) mass is 789 g/mol. The Morgan fingerprint density at radius 3 is 2.41 bits per heavy atom. The van der Waals surface area contributed by atoms with E-state index in [1.807, 2.05) is 31.2 Å². The molecule has 0 amide bonds. The number of hydrogen-bond donors (Lipinski definition) is 1. The van der Waals surface area contributed by atoms with E-state index in [0.717, 1.165) is 11.3 Å². The van der Waals surface area contributed by atoms with Gasteiger partial charge >= 0.3 is 245 Å². The van der Waals surface area contributed by atoms with E-state index in [9.17, 15) is 5.11 Å². The van der Waals surface area contributed by atoms with Crippen LogP contribution in [0.4, 0.5) is 0 Å². The zero-order valence-corrected chi connectivity index (χ0v) is 34.0. The summed E-state index contributed by atoms with van der Waals surface area (Å²) in [6.45, 7) is 2.60. The molecule has 1 N–H and O–H groups in total. The fourth-order valence-corrected chi connectivity index (χ4v) is 9.14. The van der Waals surface area contributed by atoms with Gasteiger partial charge in [-0.25, -0.2) is 0 Å². The first kappa shape index (κ1) is 38.4. The van der Waals surface area contributed by atoms with Gasteiger partial charge in [0.05, 0.1) is 6.61 Å². The van der Waals surface area contributed by atoms with E-state index < -0.39 is 51.4 Å². The van der Waals surface area contributed by atoms with E-state index in [4.69, 9.17) is 43.7 Å². The van der Waals surface area contributed by atoms with Gasteiger partial charge in [-0.2, -0.15) is 0 Å². The van der Waals surface area contributed by atoms with E-state index in [0.29, 0.717) is 38.6 Å². The number of halogens is 1. The summed E-state index contributed by atoms with van der Waals surface area (Å²) in [5.41, 5.74) is 1.89. The molecule has 14 atom stereocenters. The molecule has 1 fully saturated rings. The molecule has 2 aromatic carbocycles. The van der Waals surface area contributed by atoms with Crippen LogP contribution in [0.2, 0.25) is 5.02 Å². The van der Waals surface area contributed by atoms with Gasteiger partial charge in [-0.05, 0) is 6.92 Å². The van der Waals surface area contributed by atoms with Crippen molar-refractivity contribution in [3.63, 3.8) is 0 Å². The third kappa shape index (κ3) is 10.2. The summed E-state index contributed by atoms with van der Waals surface area (Å²) in [7, 11) is 18.2. The predicted octanol–water partition coefficient (Wildman–Crippen LogP) is 8.88. The van der Waals surface area contributed by atoms with E-state index in [1.54, 1.807) is 18.2 Å². The van der Waals surface area contributed by atoms with Crippen molar-refractivity contribution in [2.75, 3.05) is 13.2 Å². The minimum atomic E-state index is -1.96. The molecule has 0 aliphatic carbocycles. The van der Waals surface area contributed by atoms with Crippen LogP contribution in [0, 0.1) is 0 Å². The Labute approximate surface area is 267 Å². The molecule has 1 aliphatic heterocycles. The van der Waals surface area contributed by atoms with E-state index in [-0.39, 0.29) is 6.61 Å². The normalized spacial score (nSPS) is 26.4. The SMILES string of the molecule is CCOc1ccc(C(OP)c2cc([C@]3(O)O[C@H](COP)[C@@H](O[P+]#P)[C@H](OP(P)P)[C@H]3OP(P)PP)ccc2Cl)cc1. The zero-order valence-electron chi connectivity index (χ0n) is 21.8. The summed E-state index contributed by atoms with van der Waals surface area (Å²) in [4.78, 5) is 0. The molecule has 20 heteroatoms. The van der Waals surface area contributed by atoms with E-state index >= 15 is 0 Å². The molecule has 2 aromatic rings. The van der Waals surface area contributed by atoms with Crippen LogP contribution < -0.4 is 4.74 Å². The molecule has 0 aromatic heterocycles. The molecule has 9 unspecified atom stereocenters. The summed E-state index contributed by atoms with van der Waals surface area (Å²) in [5, 5.41) is 12.9. The first-order chi connectivity index (χ1) is 19.6. The third-order valence-corrected chi connectivity index (χ3v) is 17.2.